The monoisotopic (exact) mass is 558 g/mol. The normalized spacial score (nSPS) is 18.0. The third-order valence-corrected chi connectivity index (χ3v) is 7.57. The lowest BCUT2D eigenvalue weighted by molar-refractivity contribution is 0.388. The van der Waals surface area contributed by atoms with Gasteiger partial charge in [0.15, 0.2) is 0 Å². The molecule has 0 spiro atoms. The lowest BCUT2D eigenvalue weighted by Gasteiger charge is -2.34. The third-order valence-electron chi connectivity index (χ3n) is 5.21. The van der Waals surface area contributed by atoms with Crippen molar-refractivity contribution in [1.82, 2.24) is 9.62 Å². The van der Waals surface area contributed by atoms with Crippen molar-refractivity contribution >= 4 is 53.3 Å². The van der Waals surface area contributed by atoms with Crippen molar-refractivity contribution in [2.24, 2.45) is 0 Å². The molecule has 9 heteroatoms. The molecule has 0 amide bonds. The number of anilines is 2. The summed E-state index contributed by atoms with van der Waals surface area (Å²) in [5.74, 6) is 0. The Morgan fingerprint density at radius 3 is 1.50 bits per heavy atom. The zero-order valence-electron chi connectivity index (χ0n) is 17.1. The zero-order valence-corrected chi connectivity index (χ0v) is 21.1. The van der Waals surface area contributed by atoms with Gasteiger partial charge in [-0.2, -0.15) is 4.31 Å². The second-order valence-corrected chi connectivity index (χ2v) is 11.2. The summed E-state index contributed by atoms with van der Waals surface area (Å²) in [6.07, 6.45) is 1.27. The highest BCUT2D eigenvalue weighted by Gasteiger charge is 2.23. The van der Waals surface area contributed by atoms with Gasteiger partial charge in [-0.3, -0.25) is 0 Å². The van der Waals surface area contributed by atoms with Crippen LogP contribution in [-0.4, -0.2) is 71.3 Å². The minimum atomic E-state index is -3.04. The van der Waals surface area contributed by atoms with Crippen LogP contribution in [0.1, 0.15) is 0 Å². The first-order chi connectivity index (χ1) is 14.3. The van der Waals surface area contributed by atoms with Gasteiger partial charge in [0.1, 0.15) is 0 Å². The molecule has 1 N–H and O–H groups in total. The molecular formula is C21H28Br2N4O2S. The number of benzene rings is 2. The van der Waals surface area contributed by atoms with E-state index in [0.717, 1.165) is 53.9 Å². The van der Waals surface area contributed by atoms with Gasteiger partial charge in [0.25, 0.3) is 0 Å². The highest BCUT2D eigenvalue weighted by molar-refractivity contribution is 9.10. The third kappa shape index (κ3) is 6.95. The molecule has 0 atom stereocenters. The lowest BCUT2D eigenvalue weighted by Crippen LogP contribution is -2.48. The molecule has 2 saturated heterocycles. The molecular weight excluding hydrogens is 532 g/mol. The van der Waals surface area contributed by atoms with Gasteiger partial charge in [-0.1, -0.05) is 31.9 Å². The van der Waals surface area contributed by atoms with Crippen LogP contribution in [0.3, 0.4) is 0 Å². The molecule has 0 unspecified atom stereocenters. The Balaban J connectivity index is 0.000000177. The van der Waals surface area contributed by atoms with E-state index in [1.165, 1.54) is 16.2 Å². The summed E-state index contributed by atoms with van der Waals surface area (Å²) in [5, 5.41) is 3.34. The second kappa shape index (κ2) is 10.9. The maximum atomic E-state index is 11.4. The first kappa shape index (κ1) is 23.5. The maximum absolute atomic E-state index is 11.4. The van der Waals surface area contributed by atoms with Gasteiger partial charge in [0.05, 0.1) is 6.26 Å². The van der Waals surface area contributed by atoms with Crippen molar-refractivity contribution in [3.63, 3.8) is 0 Å². The van der Waals surface area contributed by atoms with E-state index in [9.17, 15) is 8.42 Å². The van der Waals surface area contributed by atoms with E-state index in [-0.39, 0.29) is 0 Å². The number of nitrogens with one attached hydrogen (secondary N) is 1. The van der Waals surface area contributed by atoms with Gasteiger partial charge in [-0.25, -0.2) is 8.42 Å². The summed E-state index contributed by atoms with van der Waals surface area (Å²) in [7, 11) is -3.04. The van der Waals surface area contributed by atoms with E-state index in [0.29, 0.717) is 13.1 Å². The average Bonchev–Trinajstić information content (AvgIpc) is 2.75. The van der Waals surface area contributed by atoms with Crippen molar-refractivity contribution in [2.75, 3.05) is 68.4 Å². The number of halogens is 2. The number of sulfonamides is 1. The molecule has 2 aliphatic heterocycles. The molecule has 0 aliphatic carbocycles. The van der Waals surface area contributed by atoms with Crippen LogP contribution in [-0.2, 0) is 10.0 Å². The van der Waals surface area contributed by atoms with Gasteiger partial charge < -0.3 is 15.1 Å². The molecule has 6 nitrogen and oxygen atoms in total. The summed E-state index contributed by atoms with van der Waals surface area (Å²) in [6.45, 7) is 7.03. The van der Waals surface area contributed by atoms with Crippen molar-refractivity contribution in [3.05, 3.63) is 57.5 Å². The molecule has 2 fully saturated rings. The zero-order chi connectivity index (χ0) is 21.6. The highest BCUT2D eigenvalue weighted by Crippen LogP contribution is 2.20. The molecule has 2 aromatic rings. The van der Waals surface area contributed by atoms with Crippen molar-refractivity contribution in [3.8, 4) is 0 Å². The molecule has 164 valence electrons. The van der Waals surface area contributed by atoms with Crippen molar-refractivity contribution < 1.29 is 8.42 Å². The standard InChI is InChI=1S/C11H15BrN2O2S.C10H13BrN2/c1-17(15,16)14-8-6-13(7-9-14)11-4-2-10(12)3-5-11;11-9-1-3-10(4-2-9)13-7-5-12-6-8-13/h2-5H,6-9H2,1H3;1-4,12H,5-8H2. The first-order valence-electron chi connectivity index (χ1n) is 10.00. The Hall–Kier alpha value is -1.13. The summed E-state index contributed by atoms with van der Waals surface area (Å²) in [5.41, 5.74) is 2.46. The van der Waals surface area contributed by atoms with Crippen LogP contribution in [0, 0.1) is 0 Å². The second-order valence-electron chi connectivity index (χ2n) is 7.34. The summed E-state index contributed by atoms with van der Waals surface area (Å²) >= 11 is 6.84. The van der Waals surface area contributed by atoms with Gasteiger partial charge >= 0.3 is 0 Å². The van der Waals surface area contributed by atoms with E-state index in [1.54, 1.807) is 0 Å². The molecule has 0 bridgehead atoms. The molecule has 0 radical (unpaired) electrons. The fourth-order valence-electron chi connectivity index (χ4n) is 3.50. The minimum Gasteiger partial charge on any atom is -0.369 e. The molecule has 0 saturated carbocycles. The SMILES string of the molecule is Brc1ccc(N2CCNCC2)cc1.CS(=O)(=O)N1CCN(c2ccc(Br)cc2)CC1. The summed E-state index contributed by atoms with van der Waals surface area (Å²) in [4.78, 5) is 4.61. The summed E-state index contributed by atoms with van der Waals surface area (Å²) in [6, 6.07) is 16.6. The Morgan fingerprint density at radius 2 is 1.10 bits per heavy atom. The molecule has 30 heavy (non-hydrogen) atoms. The Morgan fingerprint density at radius 1 is 0.700 bits per heavy atom. The van der Waals surface area contributed by atoms with Crippen LogP contribution in [0.2, 0.25) is 0 Å². The fraction of sp³-hybridized carbons (Fsp3) is 0.429. The van der Waals surface area contributed by atoms with Gasteiger partial charge in [-0.05, 0) is 48.5 Å². The number of nitrogens with zero attached hydrogens (tertiary/aromatic N) is 3. The molecule has 0 aromatic heterocycles. The van der Waals surface area contributed by atoms with E-state index < -0.39 is 10.0 Å². The van der Waals surface area contributed by atoms with Crippen LogP contribution >= 0.6 is 31.9 Å². The Kier molecular flexibility index (Phi) is 8.59. The van der Waals surface area contributed by atoms with Crippen molar-refractivity contribution in [1.29, 1.82) is 0 Å². The van der Waals surface area contributed by atoms with E-state index in [1.807, 2.05) is 24.3 Å². The average molecular weight is 560 g/mol. The smallest absolute Gasteiger partial charge is 0.211 e. The predicted octanol–water partition coefficient (Wildman–Crippen LogP) is 3.39. The van der Waals surface area contributed by atoms with E-state index in [4.69, 9.17) is 0 Å². The number of rotatable bonds is 3. The molecule has 4 rings (SSSR count). The number of hydrogen-bond donors (Lipinski definition) is 1. The van der Waals surface area contributed by atoms with Gasteiger partial charge in [0.2, 0.25) is 10.0 Å². The van der Waals surface area contributed by atoms with Crippen LogP contribution in [0.4, 0.5) is 11.4 Å². The number of hydrogen-bond acceptors (Lipinski definition) is 5. The molecule has 2 aromatic carbocycles. The minimum absolute atomic E-state index is 0.564. The summed E-state index contributed by atoms with van der Waals surface area (Å²) < 4.78 is 26.5. The predicted molar refractivity (Wildman–Crippen MR) is 132 cm³/mol. The van der Waals surface area contributed by atoms with Crippen molar-refractivity contribution in [2.45, 2.75) is 0 Å². The van der Waals surface area contributed by atoms with Gasteiger partial charge in [-0.15, -0.1) is 0 Å². The molecule has 2 aliphatic rings. The largest absolute Gasteiger partial charge is 0.369 e. The Bertz CT molecular complexity index is 894. The topological polar surface area (TPSA) is 55.9 Å². The van der Waals surface area contributed by atoms with E-state index in [2.05, 4.69) is 71.2 Å². The van der Waals surface area contributed by atoms with Crippen LogP contribution in [0.25, 0.3) is 0 Å². The van der Waals surface area contributed by atoms with Crippen LogP contribution in [0.5, 0.6) is 0 Å². The van der Waals surface area contributed by atoms with Crippen LogP contribution < -0.4 is 15.1 Å². The fourth-order valence-corrected chi connectivity index (χ4v) is 4.86. The first-order valence-corrected chi connectivity index (χ1v) is 13.4. The van der Waals surface area contributed by atoms with Crippen LogP contribution in [0.15, 0.2) is 57.5 Å². The van der Waals surface area contributed by atoms with Gasteiger partial charge in [0, 0.05) is 72.7 Å². The maximum Gasteiger partial charge on any atom is 0.211 e. The quantitative estimate of drug-likeness (QED) is 0.625. The lowest BCUT2D eigenvalue weighted by atomic mass is 10.2. The highest BCUT2D eigenvalue weighted by atomic mass is 79.9. The number of piperazine rings is 2. The molecule has 2 heterocycles. The van der Waals surface area contributed by atoms with E-state index >= 15 is 0 Å². The Labute approximate surface area is 196 Å².